The van der Waals surface area contributed by atoms with E-state index in [4.69, 9.17) is 10.5 Å². The molecule has 168 valence electrons. The zero-order chi connectivity index (χ0) is 22.4. The second kappa shape index (κ2) is 9.67. The van der Waals surface area contributed by atoms with Crippen LogP contribution in [0.2, 0.25) is 0 Å². The number of benzene rings is 1. The standard InChI is InChI=1S/C19H24F3N7O2/c1-24-17-27-15(23)14-16(28-17)29(11-26-14)7-2-3-8-31-18(30)25-10-12-5-4-6-13(9-12)19(20,21)22/h4-6,9,11,14,16H,2-3,7-8,10H2,1H3,(H,25,30)(H3,23,24,27,28)/t14?,16-/m0/s1. The molecule has 0 bridgehead atoms. The number of rotatable bonds is 7. The molecule has 0 spiro atoms. The molecular formula is C19H24F3N7O2. The van der Waals surface area contributed by atoms with Gasteiger partial charge in [-0.05, 0) is 30.5 Å². The minimum absolute atomic E-state index is 0.0508. The summed E-state index contributed by atoms with van der Waals surface area (Å²) >= 11 is 0. The van der Waals surface area contributed by atoms with E-state index in [1.165, 1.54) is 12.1 Å². The third-order valence-electron chi connectivity index (χ3n) is 4.75. The predicted octanol–water partition coefficient (Wildman–Crippen LogP) is 1.70. The Hall–Kier alpha value is -3.31. The third kappa shape index (κ3) is 5.86. The molecule has 31 heavy (non-hydrogen) atoms. The highest BCUT2D eigenvalue weighted by molar-refractivity contribution is 6.01. The number of nitrogens with two attached hydrogens (primary N) is 1. The van der Waals surface area contributed by atoms with Gasteiger partial charge < -0.3 is 26.0 Å². The Balaban J connectivity index is 1.34. The average molecular weight is 439 g/mol. The van der Waals surface area contributed by atoms with E-state index in [9.17, 15) is 18.0 Å². The molecule has 0 saturated carbocycles. The summed E-state index contributed by atoms with van der Waals surface area (Å²) < 4.78 is 43.2. The fourth-order valence-corrected chi connectivity index (χ4v) is 3.16. The second-order valence-electron chi connectivity index (χ2n) is 6.99. The fraction of sp³-hybridized carbons (Fsp3) is 0.474. The number of aliphatic imine (C=N–C) groups is 3. The van der Waals surface area contributed by atoms with Crippen LogP contribution in [0.4, 0.5) is 18.0 Å². The summed E-state index contributed by atoms with van der Waals surface area (Å²) in [6.07, 6.45) is -2.33. The monoisotopic (exact) mass is 439 g/mol. The van der Waals surface area contributed by atoms with E-state index in [-0.39, 0.29) is 25.4 Å². The molecule has 1 aromatic carbocycles. The number of guanidine groups is 1. The lowest BCUT2D eigenvalue weighted by molar-refractivity contribution is -0.137. The largest absolute Gasteiger partial charge is 0.450 e. The lowest BCUT2D eigenvalue weighted by Crippen LogP contribution is -2.47. The van der Waals surface area contributed by atoms with Crippen LogP contribution in [0.5, 0.6) is 0 Å². The molecule has 0 aliphatic carbocycles. The molecule has 0 aromatic heterocycles. The Morgan fingerprint density at radius 3 is 2.87 bits per heavy atom. The summed E-state index contributed by atoms with van der Waals surface area (Å²) in [6.45, 7) is 0.778. The number of amidine groups is 1. The summed E-state index contributed by atoms with van der Waals surface area (Å²) in [7, 11) is 1.71. The Morgan fingerprint density at radius 1 is 1.32 bits per heavy atom. The van der Waals surface area contributed by atoms with Crippen LogP contribution >= 0.6 is 0 Å². The Bertz CT molecular complexity index is 885. The number of carbonyl (C=O) groups is 1. The number of hydrogen-bond acceptors (Lipinski definition) is 8. The number of nitrogens with one attached hydrogen (secondary N) is 2. The molecule has 0 fully saturated rings. The van der Waals surface area contributed by atoms with Crippen molar-refractivity contribution in [1.82, 2.24) is 15.5 Å². The number of nitrogens with zero attached hydrogens (tertiary/aromatic N) is 4. The van der Waals surface area contributed by atoms with E-state index in [0.29, 0.717) is 30.3 Å². The number of carbonyl (C=O) groups excluding carboxylic acids is 1. The molecular weight excluding hydrogens is 415 g/mol. The number of alkyl carbamates (subject to hydrolysis) is 1. The van der Waals surface area contributed by atoms with Crippen LogP contribution in [0.15, 0.2) is 39.2 Å². The van der Waals surface area contributed by atoms with Crippen LogP contribution in [0.3, 0.4) is 0 Å². The van der Waals surface area contributed by atoms with Crippen molar-refractivity contribution in [3.8, 4) is 0 Å². The van der Waals surface area contributed by atoms with Crippen molar-refractivity contribution in [2.24, 2.45) is 20.7 Å². The Labute approximate surface area is 177 Å². The highest BCUT2D eigenvalue weighted by atomic mass is 19.4. The topological polar surface area (TPSA) is 117 Å². The van der Waals surface area contributed by atoms with Gasteiger partial charge >= 0.3 is 12.3 Å². The number of alkyl halides is 3. The van der Waals surface area contributed by atoms with E-state index >= 15 is 0 Å². The summed E-state index contributed by atoms with van der Waals surface area (Å²) in [5.41, 5.74) is 5.51. The fourth-order valence-electron chi connectivity index (χ4n) is 3.16. The molecule has 3 rings (SSSR count). The van der Waals surface area contributed by atoms with Crippen molar-refractivity contribution >= 4 is 24.2 Å². The minimum atomic E-state index is -4.42. The SMILES string of the molecule is CNC1=N[C@@H]2C(N=CN2CCCCOC(=O)NCc2cccc(C(F)(F)F)c2)C(N)=N1. The summed E-state index contributed by atoms with van der Waals surface area (Å²) in [4.78, 5) is 26.7. The Kier molecular flexibility index (Phi) is 6.98. The molecule has 2 aliphatic rings. The van der Waals surface area contributed by atoms with Crippen LogP contribution < -0.4 is 16.4 Å². The number of unbranched alkanes of at least 4 members (excludes halogenated alkanes) is 1. The molecule has 12 heteroatoms. The van der Waals surface area contributed by atoms with Crippen LogP contribution in [0, 0.1) is 0 Å². The Morgan fingerprint density at radius 2 is 2.13 bits per heavy atom. The number of fused-ring (bicyclic) bond motifs is 1. The van der Waals surface area contributed by atoms with Crippen molar-refractivity contribution < 1.29 is 22.7 Å². The predicted molar refractivity (Wildman–Crippen MR) is 110 cm³/mol. The molecule has 2 heterocycles. The van der Waals surface area contributed by atoms with Gasteiger partial charge in [-0.1, -0.05) is 12.1 Å². The second-order valence-corrected chi connectivity index (χ2v) is 6.99. The first kappa shape index (κ1) is 22.4. The first-order chi connectivity index (χ1) is 14.8. The zero-order valence-electron chi connectivity index (χ0n) is 16.9. The van der Waals surface area contributed by atoms with Crippen molar-refractivity contribution in [3.63, 3.8) is 0 Å². The van der Waals surface area contributed by atoms with Crippen LogP contribution in [0.1, 0.15) is 24.0 Å². The van der Waals surface area contributed by atoms with Gasteiger partial charge in [-0.15, -0.1) is 0 Å². The molecule has 0 saturated heterocycles. The molecule has 0 radical (unpaired) electrons. The van der Waals surface area contributed by atoms with Crippen molar-refractivity contribution in [2.45, 2.75) is 37.8 Å². The highest BCUT2D eigenvalue weighted by Crippen LogP contribution is 2.29. The molecule has 4 N–H and O–H groups in total. The number of halogens is 3. The van der Waals surface area contributed by atoms with Crippen molar-refractivity contribution in [3.05, 3.63) is 35.4 Å². The molecule has 1 aromatic rings. The minimum Gasteiger partial charge on any atom is -0.450 e. The van der Waals surface area contributed by atoms with Crippen LogP contribution in [-0.4, -0.2) is 61.5 Å². The van der Waals surface area contributed by atoms with Gasteiger partial charge in [0.2, 0.25) is 5.96 Å². The molecule has 9 nitrogen and oxygen atoms in total. The molecule has 1 amide bonds. The maximum absolute atomic E-state index is 12.7. The number of ether oxygens (including phenoxy) is 1. The molecule has 2 aliphatic heterocycles. The smallest absolute Gasteiger partial charge is 0.416 e. The normalized spacial score (nSPS) is 20.1. The average Bonchev–Trinajstić information content (AvgIpc) is 3.15. The summed E-state index contributed by atoms with van der Waals surface area (Å²) in [5, 5.41) is 5.32. The van der Waals surface area contributed by atoms with Gasteiger partial charge in [0.25, 0.3) is 0 Å². The van der Waals surface area contributed by atoms with E-state index in [0.717, 1.165) is 18.6 Å². The summed E-state index contributed by atoms with van der Waals surface area (Å²) in [6, 6.07) is 4.48. The van der Waals surface area contributed by atoms with Gasteiger partial charge in [-0.2, -0.15) is 18.2 Å². The quantitative estimate of drug-likeness (QED) is 0.559. The first-order valence-corrected chi connectivity index (χ1v) is 9.73. The lowest BCUT2D eigenvalue weighted by atomic mass is 10.1. The third-order valence-corrected chi connectivity index (χ3v) is 4.75. The van der Waals surface area contributed by atoms with E-state index < -0.39 is 17.8 Å². The summed E-state index contributed by atoms with van der Waals surface area (Å²) in [5.74, 6) is 0.860. The van der Waals surface area contributed by atoms with Gasteiger partial charge in [0.15, 0.2) is 6.17 Å². The van der Waals surface area contributed by atoms with Crippen molar-refractivity contribution in [2.75, 3.05) is 20.2 Å². The first-order valence-electron chi connectivity index (χ1n) is 9.73. The maximum Gasteiger partial charge on any atom is 0.416 e. The number of hydrogen-bond donors (Lipinski definition) is 3. The highest BCUT2D eigenvalue weighted by Gasteiger charge is 2.36. The van der Waals surface area contributed by atoms with Crippen LogP contribution in [-0.2, 0) is 17.5 Å². The van der Waals surface area contributed by atoms with E-state index in [1.54, 1.807) is 13.4 Å². The van der Waals surface area contributed by atoms with Crippen LogP contribution in [0.25, 0.3) is 0 Å². The van der Waals surface area contributed by atoms with Crippen molar-refractivity contribution in [1.29, 1.82) is 0 Å². The number of amides is 1. The van der Waals surface area contributed by atoms with Gasteiger partial charge in [0.1, 0.15) is 11.9 Å². The van der Waals surface area contributed by atoms with Gasteiger partial charge in [0, 0.05) is 20.1 Å². The van der Waals surface area contributed by atoms with Gasteiger partial charge in [0.05, 0.1) is 18.5 Å². The van der Waals surface area contributed by atoms with E-state index in [2.05, 4.69) is 25.6 Å². The van der Waals surface area contributed by atoms with Gasteiger partial charge in [-0.3, -0.25) is 4.99 Å². The zero-order valence-corrected chi connectivity index (χ0v) is 16.9. The van der Waals surface area contributed by atoms with Gasteiger partial charge in [-0.25, -0.2) is 9.79 Å². The van der Waals surface area contributed by atoms with E-state index in [1.807, 2.05) is 4.90 Å². The maximum atomic E-state index is 12.7. The molecule has 1 unspecified atom stereocenters. The molecule has 2 atom stereocenters. The lowest BCUT2D eigenvalue weighted by Gasteiger charge is -2.27.